The third-order valence-electron chi connectivity index (χ3n) is 3.24. The molecule has 0 bridgehead atoms. The predicted octanol–water partition coefficient (Wildman–Crippen LogP) is 2.22. The highest BCUT2D eigenvalue weighted by Crippen LogP contribution is 2.31. The molecule has 0 aromatic heterocycles. The van der Waals surface area contributed by atoms with Crippen LogP contribution < -0.4 is 5.32 Å². The molecular formula is C13H17ClN2O. The van der Waals surface area contributed by atoms with Gasteiger partial charge in [0.15, 0.2) is 0 Å². The van der Waals surface area contributed by atoms with E-state index in [-0.39, 0.29) is 5.91 Å². The molecule has 1 aliphatic rings. The van der Waals surface area contributed by atoms with Gasteiger partial charge in [0, 0.05) is 18.1 Å². The molecule has 1 N–H and O–H groups in total. The van der Waals surface area contributed by atoms with Gasteiger partial charge in [0.25, 0.3) is 0 Å². The average Bonchev–Trinajstić information content (AvgIpc) is 2.78. The summed E-state index contributed by atoms with van der Waals surface area (Å²) in [6.07, 6.45) is 2.25. The summed E-state index contributed by atoms with van der Waals surface area (Å²) in [5.41, 5.74) is 1.25. The first-order valence-electron chi connectivity index (χ1n) is 5.91. The fraction of sp³-hybridized carbons (Fsp3) is 0.462. The van der Waals surface area contributed by atoms with Crippen LogP contribution in [-0.4, -0.2) is 30.9 Å². The van der Waals surface area contributed by atoms with E-state index in [1.165, 1.54) is 5.56 Å². The number of likely N-dealkylation sites (tertiary alicyclic amines) is 1. The second-order valence-electron chi connectivity index (χ2n) is 4.35. The topological polar surface area (TPSA) is 32.3 Å². The summed E-state index contributed by atoms with van der Waals surface area (Å²) in [6, 6.07) is 8.27. The van der Waals surface area contributed by atoms with Crippen molar-refractivity contribution in [3.8, 4) is 0 Å². The fourth-order valence-electron chi connectivity index (χ4n) is 2.34. The molecule has 0 aliphatic carbocycles. The molecule has 1 amide bonds. The molecule has 1 heterocycles. The van der Waals surface area contributed by atoms with Crippen molar-refractivity contribution in [3.63, 3.8) is 0 Å². The van der Waals surface area contributed by atoms with E-state index in [2.05, 4.69) is 22.3 Å². The highest BCUT2D eigenvalue weighted by Gasteiger charge is 2.26. The van der Waals surface area contributed by atoms with E-state index >= 15 is 0 Å². The van der Waals surface area contributed by atoms with E-state index < -0.39 is 0 Å². The lowest BCUT2D eigenvalue weighted by Crippen LogP contribution is -2.35. The van der Waals surface area contributed by atoms with Gasteiger partial charge in [-0.3, -0.25) is 9.69 Å². The molecule has 0 radical (unpaired) electrons. The van der Waals surface area contributed by atoms with Crippen molar-refractivity contribution in [1.82, 2.24) is 10.2 Å². The summed E-state index contributed by atoms with van der Waals surface area (Å²) >= 11 is 5.88. The largest absolute Gasteiger partial charge is 0.358 e. The van der Waals surface area contributed by atoms with Crippen LogP contribution in [0.3, 0.4) is 0 Å². The lowest BCUT2D eigenvalue weighted by Gasteiger charge is -2.23. The Bertz CT molecular complexity index is 391. The van der Waals surface area contributed by atoms with Gasteiger partial charge in [-0.1, -0.05) is 23.7 Å². The number of hydrogen-bond donors (Lipinski definition) is 1. The predicted molar refractivity (Wildman–Crippen MR) is 69.1 cm³/mol. The van der Waals surface area contributed by atoms with E-state index in [1.54, 1.807) is 7.05 Å². The monoisotopic (exact) mass is 252 g/mol. The number of benzene rings is 1. The molecular weight excluding hydrogens is 236 g/mol. The summed E-state index contributed by atoms with van der Waals surface area (Å²) in [6.45, 7) is 1.46. The lowest BCUT2D eigenvalue weighted by molar-refractivity contribution is -0.122. The molecule has 92 valence electrons. The maximum Gasteiger partial charge on any atom is 0.233 e. The molecule has 1 fully saturated rings. The zero-order valence-corrected chi connectivity index (χ0v) is 10.7. The molecule has 4 heteroatoms. The van der Waals surface area contributed by atoms with Crippen LogP contribution in [0, 0.1) is 0 Å². The van der Waals surface area contributed by atoms with Crippen molar-refractivity contribution in [1.29, 1.82) is 0 Å². The minimum Gasteiger partial charge on any atom is -0.358 e. The Labute approximate surface area is 107 Å². The molecule has 1 saturated heterocycles. The third-order valence-corrected chi connectivity index (χ3v) is 3.50. The van der Waals surface area contributed by atoms with Gasteiger partial charge in [0.2, 0.25) is 5.91 Å². The van der Waals surface area contributed by atoms with E-state index in [0.717, 1.165) is 24.4 Å². The second kappa shape index (κ2) is 5.52. The number of likely N-dealkylation sites (N-methyl/N-ethyl adjacent to an activating group) is 1. The molecule has 1 aliphatic heterocycles. The lowest BCUT2D eigenvalue weighted by atomic mass is 10.0. The Morgan fingerprint density at radius 2 is 2.18 bits per heavy atom. The molecule has 3 nitrogen and oxygen atoms in total. The van der Waals surface area contributed by atoms with E-state index in [0.29, 0.717) is 12.6 Å². The van der Waals surface area contributed by atoms with Crippen LogP contribution in [0.15, 0.2) is 24.3 Å². The average molecular weight is 253 g/mol. The molecule has 2 rings (SSSR count). The van der Waals surface area contributed by atoms with Crippen LogP contribution in [0.1, 0.15) is 24.4 Å². The second-order valence-corrected chi connectivity index (χ2v) is 4.79. The van der Waals surface area contributed by atoms with Crippen LogP contribution in [0.5, 0.6) is 0 Å². The number of hydrogen-bond acceptors (Lipinski definition) is 2. The first-order chi connectivity index (χ1) is 8.20. The van der Waals surface area contributed by atoms with Gasteiger partial charge < -0.3 is 5.32 Å². The minimum absolute atomic E-state index is 0.0749. The van der Waals surface area contributed by atoms with Gasteiger partial charge in [-0.15, -0.1) is 0 Å². The molecule has 1 atom stereocenters. The summed E-state index contributed by atoms with van der Waals surface area (Å²) < 4.78 is 0. The van der Waals surface area contributed by atoms with Gasteiger partial charge in [-0.25, -0.2) is 0 Å². The van der Waals surface area contributed by atoms with Crippen molar-refractivity contribution >= 4 is 17.5 Å². The Morgan fingerprint density at radius 3 is 2.82 bits per heavy atom. The number of carbonyl (C=O) groups excluding carboxylic acids is 1. The quantitative estimate of drug-likeness (QED) is 0.895. The maximum absolute atomic E-state index is 11.4. The summed E-state index contributed by atoms with van der Waals surface area (Å²) in [5.74, 6) is 0.0749. The normalized spacial score (nSPS) is 20.5. The Kier molecular flexibility index (Phi) is 4.02. The van der Waals surface area contributed by atoms with Gasteiger partial charge >= 0.3 is 0 Å². The Balaban J connectivity index is 2.08. The van der Waals surface area contributed by atoms with Crippen molar-refractivity contribution in [2.75, 3.05) is 20.1 Å². The SMILES string of the molecule is CNC(=O)CN1CCCC1c1ccc(Cl)cc1. The molecule has 0 spiro atoms. The van der Waals surface area contributed by atoms with Gasteiger partial charge in [-0.05, 0) is 37.1 Å². The van der Waals surface area contributed by atoms with Crippen LogP contribution in [0.2, 0.25) is 5.02 Å². The highest BCUT2D eigenvalue weighted by atomic mass is 35.5. The summed E-state index contributed by atoms with van der Waals surface area (Å²) in [7, 11) is 1.68. The van der Waals surface area contributed by atoms with Crippen molar-refractivity contribution in [2.24, 2.45) is 0 Å². The fourth-order valence-corrected chi connectivity index (χ4v) is 2.47. The van der Waals surface area contributed by atoms with E-state index in [1.807, 2.05) is 12.1 Å². The highest BCUT2D eigenvalue weighted by molar-refractivity contribution is 6.30. The van der Waals surface area contributed by atoms with Crippen LogP contribution in [-0.2, 0) is 4.79 Å². The molecule has 1 unspecified atom stereocenters. The zero-order valence-electron chi connectivity index (χ0n) is 9.95. The third kappa shape index (κ3) is 2.99. The van der Waals surface area contributed by atoms with Crippen molar-refractivity contribution < 1.29 is 4.79 Å². The summed E-state index contributed by atoms with van der Waals surface area (Å²) in [4.78, 5) is 13.6. The number of amides is 1. The number of rotatable bonds is 3. The number of carbonyl (C=O) groups is 1. The molecule has 1 aromatic carbocycles. The van der Waals surface area contributed by atoms with E-state index in [4.69, 9.17) is 11.6 Å². The first-order valence-corrected chi connectivity index (χ1v) is 6.28. The molecule has 17 heavy (non-hydrogen) atoms. The van der Waals surface area contributed by atoms with Crippen molar-refractivity contribution in [2.45, 2.75) is 18.9 Å². The molecule has 0 saturated carbocycles. The van der Waals surface area contributed by atoms with Crippen LogP contribution in [0.4, 0.5) is 0 Å². The van der Waals surface area contributed by atoms with Gasteiger partial charge in [0.1, 0.15) is 0 Å². The van der Waals surface area contributed by atoms with Crippen molar-refractivity contribution in [3.05, 3.63) is 34.9 Å². The number of nitrogens with zero attached hydrogens (tertiary/aromatic N) is 1. The number of halogens is 1. The maximum atomic E-state index is 11.4. The van der Waals surface area contributed by atoms with E-state index in [9.17, 15) is 4.79 Å². The number of nitrogens with one attached hydrogen (secondary N) is 1. The Hall–Kier alpha value is -1.06. The van der Waals surface area contributed by atoms with Crippen LogP contribution in [0.25, 0.3) is 0 Å². The zero-order chi connectivity index (χ0) is 12.3. The smallest absolute Gasteiger partial charge is 0.233 e. The standard InChI is InChI=1S/C13H17ClN2O/c1-15-13(17)9-16-8-2-3-12(16)10-4-6-11(14)7-5-10/h4-7,12H,2-3,8-9H2,1H3,(H,15,17). The Morgan fingerprint density at radius 1 is 1.47 bits per heavy atom. The summed E-state index contributed by atoms with van der Waals surface area (Å²) in [5, 5.41) is 3.43. The van der Waals surface area contributed by atoms with Crippen LogP contribution >= 0.6 is 11.6 Å². The minimum atomic E-state index is 0.0749. The van der Waals surface area contributed by atoms with Gasteiger partial charge in [0.05, 0.1) is 6.54 Å². The first kappa shape index (κ1) is 12.4. The molecule has 1 aromatic rings. The van der Waals surface area contributed by atoms with Gasteiger partial charge in [-0.2, -0.15) is 0 Å².